The van der Waals surface area contributed by atoms with Gasteiger partial charge in [-0.05, 0) is 11.6 Å². The van der Waals surface area contributed by atoms with Crippen LogP contribution in [0.4, 0.5) is 4.39 Å². The molecule has 0 radical (unpaired) electrons. The van der Waals surface area contributed by atoms with Crippen LogP contribution in [0.25, 0.3) is 0 Å². The van der Waals surface area contributed by atoms with Crippen LogP contribution in [0.2, 0.25) is 10.0 Å². The second kappa shape index (κ2) is 3.75. The predicted molar refractivity (Wildman–Crippen MR) is 45.7 cm³/mol. The second-order valence-corrected chi connectivity index (χ2v) is 2.95. The van der Waals surface area contributed by atoms with Crippen molar-refractivity contribution in [3.05, 3.63) is 33.6 Å². The van der Waals surface area contributed by atoms with Crippen molar-refractivity contribution in [1.29, 1.82) is 5.26 Å². The van der Waals surface area contributed by atoms with E-state index in [1.807, 2.05) is 6.07 Å². The molecule has 1 aromatic carbocycles. The van der Waals surface area contributed by atoms with Crippen molar-refractivity contribution in [2.75, 3.05) is 0 Å². The number of rotatable bonds is 1. The van der Waals surface area contributed by atoms with E-state index in [1.54, 1.807) is 0 Å². The summed E-state index contributed by atoms with van der Waals surface area (Å²) in [4.78, 5) is 0. The summed E-state index contributed by atoms with van der Waals surface area (Å²) in [6, 6.07) is 4.80. The minimum absolute atomic E-state index is 0.0262. The van der Waals surface area contributed by atoms with Crippen LogP contribution >= 0.6 is 23.2 Å². The van der Waals surface area contributed by atoms with Gasteiger partial charge in [0.1, 0.15) is 0 Å². The molecule has 1 aromatic rings. The highest BCUT2D eigenvalue weighted by Crippen LogP contribution is 2.26. The van der Waals surface area contributed by atoms with Crippen molar-refractivity contribution in [2.45, 2.75) is 6.42 Å². The van der Waals surface area contributed by atoms with E-state index in [4.69, 9.17) is 28.5 Å². The average Bonchev–Trinajstić information content (AvgIpc) is 2.07. The zero-order valence-electron chi connectivity index (χ0n) is 5.94. The third-order valence-electron chi connectivity index (χ3n) is 1.38. The number of halogens is 3. The molecule has 0 unspecified atom stereocenters. The van der Waals surface area contributed by atoms with E-state index in [2.05, 4.69) is 0 Å². The van der Waals surface area contributed by atoms with Gasteiger partial charge in [0.15, 0.2) is 5.82 Å². The summed E-state index contributed by atoms with van der Waals surface area (Å²) in [5, 5.41) is 8.25. The van der Waals surface area contributed by atoms with Gasteiger partial charge in [0.05, 0.1) is 22.5 Å². The lowest BCUT2D eigenvalue weighted by atomic mass is 10.1. The highest BCUT2D eigenvalue weighted by atomic mass is 35.5. The Kier molecular flexibility index (Phi) is 2.91. The lowest BCUT2D eigenvalue weighted by Crippen LogP contribution is -1.88. The Hall–Kier alpha value is -0.780. The molecular weight excluding hydrogens is 200 g/mol. The monoisotopic (exact) mass is 203 g/mol. The van der Waals surface area contributed by atoms with Crippen molar-refractivity contribution in [1.82, 2.24) is 0 Å². The lowest BCUT2D eigenvalue weighted by molar-refractivity contribution is 0.627. The van der Waals surface area contributed by atoms with Gasteiger partial charge in [-0.1, -0.05) is 29.3 Å². The van der Waals surface area contributed by atoms with E-state index in [0.717, 1.165) is 0 Å². The third kappa shape index (κ3) is 1.69. The Labute approximate surface area is 79.3 Å². The fourth-order valence-electron chi connectivity index (χ4n) is 0.788. The Bertz CT molecular complexity index is 344. The van der Waals surface area contributed by atoms with E-state index in [1.165, 1.54) is 12.1 Å². The third-order valence-corrected chi connectivity index (χ3v) is 2.09. The Balaban J connectivity index is 3.19. The lowest BCUT2D eigenvalue weighted by Gasteiger charge is -2.01. The van der Waals surface area contributed by atoms with Gasteiger partial charge in [-0.3, -0.25) is 0 Å². The summed E-state index contributed by atoms with van der Waals surface area (Å²) in [5.41, 5.74) is 0.459. The molecule has 0 amide bonds. The fourth-order valence-corrected chi connectivity index (χ4v) is 1.23. The largest absolute Gasteiger partial charge is 0.204 e. The normalized spacial score (nSPS) is 9.50. The topological polar surface area (TPSA) is 23.8 Å². The summed E-state index contributed by atoms with van der Waals surface area (Å²) in [6.07, 6.45) is 0.0902. The molecule has 0 saturated heterocycles. The molecule has 0 saturated carbocycles. The van der Waals surface area contributed by atoms with Gasteiger partial charge in [-0.25, -0.2) is 4.39 Å². The number of benzene rings is 1. The SMILES string of the molecule is N#CCc1ccc(Cl)c(F)c1Cl. The molecule has 12 heavy (non-hydrogen) atoms. The van der Waals surface area contributed by atoms with Crippen molar-refractivity contribution in [2.24, 2.45) is 0 Å². The van der Waals surface area contributed by atoms with Crippen LogP contribution in [0.3, 0.4) is 0 Å². The average molecular weight is 204 g/mol. The molecule has 0 spiro atoms. The summed E-state index contributed by atoms with van der Waals surface area (Å²) >= 11 is 11.0. The molecule has 0 fully saturated rings. The molecular formula is C8H4Cl2FN. The van der Waals surface area contributed by atoms with Crippen molar-refractivity contribution < 1.29 is 4.39 Å². The number of nitriles is 1. The van der Waals surface area contributed by atoms with Gasteiger partial charge >= 0.3 is 0 Å². The minimum atomic E-state index is -0.661. The summed E-state index contributed by atoms with van der Waals surface area (Å²) in [7, 11) is 0. The van der Waals surface area contributed by atoms with E-state index in [0.29, 0.717) is 5.56 Å². The van der Waals surface area contributed by atoms with E-state index < -0.39 is 5.82 Å². The Morgan fingerprint density at radius 3 is 2.67 bits per heavy atom. The smallest absolute Gasteiger partial charge is 0.160 e. The molecule has 0 heterocycles. The number of hydrogen-bond donors (Lipinski definition) is 0. The molecule has 0 aliphatic heterocycles. The first kappa shape index (κ1) is 9.31. The van der Waals surface area contributed by atoms with Gasteiger partial charge in [-0.2, -0.15) is 5.26 Å². The first-order valence-electron chi connectivity index (χ1n) is 3.16. The molecule has 0 aliphatic carbocycles. The summed E-state index contributed by atoms with van der Waals surface area (Å²) in [5.74, 6) is -0.661. The van der Waals surface area contributed by atoms with Gasteiger partial charge in [-0.15, -0.1) is 0 Å². The van der Waals surface area contributed by atoms with E-state index >= 15 is 0 Å². The fraction of sp³-hybridized carbons (Fsp3) is 0.125. The molecule has 0 bridgehead atoms. The first-order valence-corrected chi connectivity index (χ1v) is 3.91. The highest BCUT2D eigenvalue weighted by Gasteiger charge is 2.09. The van der Waals surface area contributed by atoms with Gasteiger partial charge in [0, 0.05) is 0 Å². The quantitative estimate of drug-likeness (QED) is 0.644. The first-order chi connectivity index (χ1) is 5.66. The maximum absolute atomic E-state index is 12.9. The van der Waals surface area contributed by atoms with Gasteiger partial charge < -0.3 is 0 Å². The van der Waals surface area contributed by atoms with Crippen LogP contribution in [0.15, 0.2) is 12.1 Å². The standard InChI is InChI=1S/C8H4Cl2FN/c9-6-2-1-5(3-4-12)7(10)8(6)11/h1-2H,3H2. The Morgan fingerprint density at radius 2 is 2.08 bits per heavy atom. The molecule has 0 aromatic heterocycles. The second-order valence-electron chi connectivity index (χ2n) is 2.17. The van der Waals surface area contributed by atoms with Crippen LogP contribution < -0.4 is 0 Å². The molecule has 0 aliphatic rings. The van der Waals surface area contributed by atoms with Crippen LogP contribution in [0.1, 0.15) is 5.56 Å². The molecule has 4 heteroatoms. The number of hydrogen-bond acceptors (Lipinski definition) is 1. The van der Waals surface area contributed by atoms with E-state index in [9.17, 15) is 4.39 Å². The van der Waals surface area contributed by atoms with Crippen molar-refractivity contribution >= 4 is 23.2 Å². The van der Waals surface area contributed by atoms with Gasteiger partial charge in [0.2, 0.25) is 0 Å². The molecule has 1 nitrogen and oxygen atoms in total. The predicted octanol–water partition coefficient (Wildman–Crippen LogP) is 3.20. The molecule has 0 atom stereocenters. The minimum Gasteiger partial charge on any atom is -0.204 e. The van der Waals surface area contributed by atoms with Crippen LogP contribution in [0.5, 0.6) is 0 Å². The van der Waals surface area contributed by atoms with Crippen LogP contribution in [-0.4, -0.2) is 0 Å². The summed E-state index contributed by atoms with van der Waals surface area (Å²) < 4.78 is 12.9. The number of nitrogens with zero attached hydrogens (tertiary/aromatic N) is 1. The van der Waals surface area contributed by atoms with Crippen molar-refractivity contribution in [3.63, 3.8) is 0 Å². The maximum atomic E-state index is 12.9. The molecule has 0 N–H and O–H groups in total. The molecule has 62 valence electrons. The maximum Gasteiger partial charge on any atom is 0.160 e. The van der Waals surface area contributed by atoms with Crippen LogP contribution in [-0.2, 0) is 6.42 Å². The summed E-state index contributed by atoms with van der Waals surface area (Å²) in [6.45, 7) is 0. The Morgan fingerprint density at radius 1 is 1.42 bits per heavy atom. The molecule has 1 rings (SSSR count). The van der Waals surface area contributed by atoms with Gasteiger partial charge in [0.25, 0.3) is 0 Å². The van der Waals surface area contributed by atoms with Crippen molar-refractivity contribution in [3.8, 4) is 6.07 Å². The highest BCUT2D eigenvalue weighted by molar-refractivity contribution is 6.35. The zero-order valence-corrected chi connectivity index (χ0v) is 7.45. The zero-order chi connectivity index (χ0) is 9.14. The van der Waals surface area contributed by atoms with E-state index in [-0.39, 0.29) is 16.5 Å². The van der Waals surface area contributed by atoms with Crippen LogP contribution in [0, 0.1) is 17.1 Å².